The Labute approximate surface area is 123 Å². The van der Waals surface area contributed by atoms with Crippen molar-refractivity contribution in [3.8, 4) is 0 Å². The Kier molecular flexibility index (Phi) is 4.05. The first-order chi connectivity index (χ1) is 9.83. The standard InChI is InChI=1S/C11H7ClFN3O4S/c12-7-4-5-14-6-10(7)21(19,20)15-11-8(13)2-1-3-9(11)16(17)18/h1-6,15H. The minimum Gasteiger partial charge on any atom is -0.270 e. The van der Waals surface area contributed by atoms with E-state index in [1.54, 1.807) is 0 Å². The number of halogens is 2. The molecule has 2 aromatic rings. The van der Waals surface area contributed by atoms with E-state index in [2.05, 4.69) is 4.98 Å². The Morgan fingerprint density at radius 1 is 1.33 bits per heavy atom. The van der Waals surface area contributed by atoms with Gasteiger partial charge in [0.25, 0.3) is 15.7 Å². The van der Waals surface area contributed by atoms with Gasteiger partial charge in [0.1, 0.15) is 4.90 Å². The van der Waals surface area contributed by atoms with E-state index in [1.165, 1.54) is 12.3 Å². The molecule has 0 radical (unpaired) electrons. The Morgan fingerprint density at radius 3 is 2.67 bits per heavy atom. The van der Waals surface area contributed by atoms with Crippen LogP contribution in [0.3, 0.4) is 0 Å². The molecule has 1 aromatic carbocycles. The van der Waals surface area contributed by atoms with Crippen LogP contribution in [0.5, 0.6) is 0 Å². The highest BCUT2D eigenvalue weighted by atomic mass is 35.5. The van der Waals surface area contributed by atoms with Crippen LogP contribution in [-0.2, 0) is 10.0 Å². The topological polar surface area (TPSA) is 102 Å². The van der Waals surface area contributed by atoms with E-state index in [0.717, 1.165) is 24.4 Å². The summed E-state index contributed by atoms with van der Waals surface area (Å²) >= 11 is 5.73. The first-order valence-corrected chi connectivity index (χ1v) is 7.24. The lowest BCUT2D eigenvalue weighted by molar-refractivity contribution is -0.384. The fourth-order valence-electron chi connectivity index (χ4n) is 1.52. The summed E-state index contributed by atoms with van der Waals surface area (Å²) in [6.45, 7) is 0. The summed E-state index contributed by atoms with van der Waals surface area (Å²) < 4.78 is 39.8. The van der Waals surface area contributed by atoms with Crippen molar-refractivity contribution in [3.05, 3.63) is 57.6 Å². The molecule has 0 spiro atoms. The maximum Gasteiger partial charge on any atom is 0.296 e. The van der Waals surface area contributed by atoms with Crippen LogP contribution in [0.4, 0.5) is 15.8 Å². The van der Waals surface area contributed by atoms with Gasteiger partial charge in [-0.25, -0.2) is 12.8 Å². The van der Waals surface area contributed by atoms with Crippen LogP contribution < -0.4 is 4.72 Å². The fraction of sp³-hybridized carbons (Fsp3) is 0. The summed E-state index contributed by atoms with van der Waals surface area (Å²) in [5.41, 5.74) is -1.47. The van der Waals surface area contributed by atoms with Gasteiger partial charge in [-0.2, -0.15) is 0 Å². The van der Waals surface area contributed by atoms with Crippen molar-refractivity contribution in [2.24, 2.45) is 0 Å². The molecular formula is C11H7ClFN3O4S. The van der Waals surface area contributed by atoms with Gasteiger partial charge < -0.3 is 0 Å². The van der Waals surface area contributed by atoms with E-state index in [0.29, 0.717) is 0 Å². The third-order valence-corrected chi connectivity index (χ3v) is 4.27. The highest BCUT2D eigenvalue weighted by molar-refractivity contribution is 7.92. The van der Waals surface area contributed by atoms with Gasteiger partial charge in [-0.05, 0) is 12.1 Å². The monoisotopic (exact) mass is 331 g/mol. The maximum absolute atomic E-state index is 13.7. The summed E-state index contributed by atoms with van der Waals surface area (Å²) in [5.74, 6) is -1.08. The van der Waals surface area contributed by atoms with Crippen molar-refractivity contribution < 1.29 is 17.7 Å². The predicted molar refractivity (Wildman–Crippen MR) is 73.1 cm³/mol. The smallest absolute Gasteiger partial charge is 0.270 e. The van der Waals surface area contributed by atoms with Crippen LogP contribution in [0.25, 0.3) is 0 Å². The average Bonchev–Trinajstić information content (AvgIpc) is 2.41. The summed E-state index contributed by atoms with van der Waals surface area (Å²) in [6, 6.07) is 4.20. The van der Waals surface area contributed by atoms with Crippen molar-refractivity contribution >= 4 is 33.0 Å². The second-order valence-electron chi connectivity index (χ2n) is 3.80. The minimum atomic E-state index is -4.31. The number of anilines is 1. The Hall–Kier alpha value is -2.26. The Morgan fingerprint density at radius 2 is 2.05 bits per heavy atom. The molecule has 0 bridgehead atoms. The predicted octanol–water partition coefficient (Wildman–Crippen LogP) is 2.58. The molecule has 10 heteroatoms. The zero-order chi connectivity index (χ0) is 15.6. The molecule has 0 amide bonds. The van der Waals surface area contributed by atoms with Crippen molar-refractivity contribution in [2.45, 2.75) is 4.90 Å². The van der Waals surface area contributed by atoms with Gasteiger partial charge in [-0.15, -0.1) is 0 Å². The zero-order valence-electron chi connectivity index (χ0n) is 10.2. The summed E-state index contributed by atoms with van der Waals surface area (Å²) in [4.78, 5) is 13.1. The van der Waals surface area contributed by atoms with E-state index in [1.807, 2.05) is 4.72 Å². The lowest BCUT2D eigenvalue weighted by atomic mass is 10.2. The number of nitrogens with one attached hydrogen (secondary N) is 1. The highest BCUT2D eigenvalue weighted by Crippen LogP contribution is 2.30. The van der Waals surface area contributed by atoms with E-state index >= 15 is 0 Å². The number of nitro groups is 1. The molecular weight excluding hydrogens is 325 g/mol. The number of sulfonamides is 1. The first-order valence-electron chi connectivity index (χ1n) is 5.38. The molecule has 0 aliphatic rings. The number of rotatable bonds is 4. The molecule has 110 valence electrons. The van der Waals surface area contributed by atoms with Gasteiger partial charge in [0.05, 0.1) is 9.95 Å². The van der Waals surface area contributed by atoms with Crippen LogP contribution in [-0.4, -0.2) is 18.3 Å². The zero-order valence-corrected chi connectivity index (χ0v) is 11.7. The molecule has 0 fully saturated rings. The van der Waals surface area contributed by atoms with Gasteiger partial charge in [0.2, 0.25) is 0 Å². The van der Waals surface area contributed by atoms with E-state index in [9.17, 15) is 22.9 Å². The largest absolute Gasteiger partial charge is 0.296 e. The lowest BCUT2D eigenvalue weighted by Gasteiger charge is -2.09. The molecule has 2 rings (SSSR count). The van der Waals surface area contributed by atoms with Gasteiger partial charge in [-0.1, -0.05) is 17.7 Å². The summed E-state index contributed by atoms with van der Waals surface area (Å²) in [5, 5.41) is 10.7. The molecule has 0 aliphatic carbocycles. The van der Waals surface area contributed by atoms with Gasteiger partial charge in [-0.3, -0.25) is 19.8 Å². The number of hydrogen-bond donors (Lipinski definition) is 1. The third-order valence-electron chi connectivity index (χ3n) is 2.45. The quantitative estimate of drug-likeness (QED) is 0.685. The number of pyridine rings is 1. The summed E-state index contributed by atoms with van der Waals surface area (Å²) in [7, 11) is -4.31. The Bertz CT molecular complexity index is 813. The first kappa shape index (κ1) is 15.1. The van der Waals surface area contributed by atoms with Crippen LogP contribution in [0.2, 0.25) is 5.02 Å². The molecule has 0 saturated heterocycles. The van der Waals surface area contributed by atoms with Crippen molar-refractivity contribution in [1.82, 2.24) is 4.98 Å². The Balaban J connectivity index is 2.52. The van der Waals surface area contributed by atoms with E-state index in [-0.39, 0.29) is 5.02 Å². The molecule has 21 heavy (non-hydrogen) atoms. The van der Waals surface area contributed by atoms with Gasteiger partial charge in [0.15, 0.2) is 11.5 Å². The van der Waals surface area contributed by atoms with Crippen molar-refractivity contribution in [2.75, 3.05) is 4.72 Å². The van der Waals surface area contributed by atoms with Gasteiger partial charge >= 0.3 is 0 Å². The number of nitro benzene ring substituents is 1. The van der Waals surface area contributed by atoms with E-state index < -0.39 is 37.0 Å². The number of nitrogens with zero attached hydrogens (tertiary/aromatic N) is 2. The molecule has 1 heterocycles. The van der Waals surface area contributed by atoms with Crippen molar-refractivity contribution in [1.29, 1.82) is 0 Å². The third kappa shape index (κ3) is 3.09. The summed E-state index contributed by atoms with van der Waals surface area (Å²) in [6.07, 6.45) is 2.23. The highest BCUT2D eigenvalue weighted by Gasteiger charge is 2.25. The molecule has 1 aromatic heterocycles. The molecule has 1 N–H and O–H groups in total. The molecule has 0 atom stereocenters. The molecule has 0 unspecified atom stereocenters. The number of benzene rings is 1. The van der Waals surface area contributed by atoms with Crippen molar-refractivity contribution in [3.63, 3.8) is 0 Å². The maximum atomic E-state index is 13.7. The fourth-order valence-corrected chi connectivity index (χ4v) is 3.03. The minimum absolute atomic E-state index is 0.142. The SMILES string of the molecule is O=[N+]([O-])c1cccc(F)c1NS(=O)(=O)c1cnccc1Cl. The van der Waals surface area contributed by atoms with E-state index in [4.69, 9.17) is 11.6 Å². The number of hydrogen-bond acceptors (Lipinski definition) is 5. The molecule has 0 saturated carbocycles. The number of aromatic nitrogens is 1. The second kappa shape index (κ2) is 5.62. The van der Waals surface area contributed by atoms with Gasteiger partial charge in [0, 0.05) is 18.5 Å². The van der Waals surface area contributed by atoms with Crippen LogP contribution in [0.1, 0.15) is 0 Å². The number of para-hydroxylation sites is 1. The average molecular weight is 332 g/mol. The lowest BCUT2D eigenvalue weighted by Crippen LogP contribution is -2.16. The molecule has 7 nitrogen and oxygen atoms in total. The normalized spacial score (nSPS) is 11.1. The molecule has 0 aliphatic heterocycles. The van der Waals surface area contributed by atoms with Crippen LogP contribution in [0.15, 0.2) is 41.6 Å². The van der Waals surface area contributed by atoms with Crippen LogP contribution >= 0.6 is 11.6 Å². The second-order valence-corrected chi connectivity index (χ2v) is 5.86. The van der Waals surface area contributed by atoms with Crippen LogP contribution in [0, 0.1) is 15.9 Å².